The third-order valence-electron chi connectivity index (χ3n) is 9.35. The standard InChI is InChI=1S/C31H45N9OSi/c1-30(2,3)42(7,8)41-21-31(4)20-34-28-23(17-32)15-22(16-24(28)31)25-9-10-33-29(36-25)37-26-18-35-39(6)27(26)19-40-13-11-38(5)12-14-40/h9-10,15-16,18,34H,11-14,19-21H2,1-8H3,(H,33,36,37)/t31-/m1/s1. The Balaban J connectivity index is 1.40. The van der Waals surface area contributed by atoms with Crippen LogP contribution in [0.1, 0.15) is 44.5 Å². The van der Waals surface area contributed by atoms with Crippen molar-refractivity contribution in [2.45, 2.75) is 57.8 Å². The van der Waals surface area contributed by atoms with Gasteiger partial charge in [0.2, 0.25) is 5.95 Å². The minimum absolute atomic E-state index is 0.126. The normalized spacial score (nSPS) is 19.8. The SMILES string of the molecule is CN1CCN(Cc2c(Nc3nccc(-c4cc(C#N)c5c(c4)[C@@](C)(CO[Si](C)(C)C(C)(C)C)CN5)n3)cnn2C)CC1. The predicted molar refractivity (Wildman–Crippen MR) is 170 cm³/mol. The highest BCUT2D eigenvalue weighted by atomic mass is 28.4. The molecule has 1 fully saturated rings. The first kappa shape index (κ1) is 30.2. The van der Waals surface area contributed by atoms with E-state index in [1.54, 1.807) is 6.20 Å². The predicted octanol–water partition coefficient (Wildman–Crippen LogP) is 4.94. The quantitative estimate of drug-likeness (QED) is 0.354. The lowest BCUT2D eigenvalue weighted by molar-refractivity contribution is 0.145. The smallest absolute Gasteiger partial charge is 0.227 e. The Morgan fingerprint density at radius 1 is 1.17 bits per heavy atom. The number of anilines is 3. The molecule has 0 radical (unpaired) electrons. The molecular formula is C31H45N9OSi. The first-order valence-corrected chi connectivity index (χ1v) is 17.7. The molecule has 4 heterocycles. The summed E-state index contributed by atoms with van der Waals surface area (Å²) in [5.41, 5.74) is 6.02. The van der Waals surface area contributed by atoms with Crippen molar-refractivity contribution in [3.05, 3.63) is 47.4 Å². The van der Waals surface area contributed by atoms with Gasteiger partial charge in [-0.15, -0.1) is 0 Å². The second-order valence-electron chi connectivity index (χ2n) is 13.6. The molecule has 2 aromatic heterocycles. The molecule has 0 amide bonds. The van der Waals surface area contributed by atoms with E-state index in [1.165, 1.54) is 0 Å². The van der Waals surface area contributed by atoms with Gasteiger partial charge in [-0.1, -0.05) is 27.7 Å². The first-order valence-electron chi connectivity index (χ1n) is 14.8. The first-order chi connectivity index (χ1) is 19.8. The van der Waals surface area contributed by atoms with Gasteiger partial charge in [0.15, 0.2) is 8.32 Å². The number of aryl methyl sites for hydroxylation is 1. The zero-order valence-electron chi connectivity index (χ0n) is 26.4. The second kappa shape index (κ2) is 11.4. The fourth-order valence-electron chi connectivity index (χ4n) is 5.28. The van der Waals surface area contributed by atoms with Gasteiger partial charge in [0.25, 0.3) is 0 Å². The van der Waals surface area contributed by atoms with Crippen LogP contribution in [-0.2, 0) is 23.4 Å². The Morgan fingerprint density at radius 3 is 2.60 bits per heavy atom. The minimum atomic E-state index is -1.94. The van der Waals surface area contributed by atoms with Crippen LogP contribution in [0.2, 0.25) is 18.1 Å². The van der Waals surface area contributed by atoms with E-state index >= 15 is 0 Å². The number of nitrogens with zero attached hydrogens (tertiary/aromatic N) is 7. The minimum Gasteiger partial charge on any atom is -0.416 e. The fraction of sp³-hybridized carbons (Fsp3) is 0.548. The third-order valence-corrected chi connectivity index (χ3v) is 13.8. The van der Waals surface area contributed by atoms with Crippen LogP contribution in [0.5, 0.6) is 0 Å². The number of aromatic nitrogens is 4. The Hall–Kier alpha value is -3.30. The molecule has 2 aliphatic heterocycles. The van der Waals surface area contributed by atoms with E-state index in [2.05, 4.69) is 90.5 Å². The lowest BCUT2D eigenvalue weighted by Crippen LogP contribution is -2.45. The van der Waals surface area contributed by atoms with Crippen LogP contribution >= 0.6 is 0 Å². The van der Waals surface area contributed by atoms with Crippen LogP contribution in [0.25, 0.3) is 11.3 Å². The maximum Gasteiger partial charge on any atom is 0.227 e. The summed E-state index contributed by atoms with van der Waals surface area (Å²) >= 11 is 0. The van der Waals surface area contributed by atoms with Gasteiger partial charge < -0.3 is 20.0 Å². The van der Waals surface area contributed by atoms with Crippen molar-refractivity contribution in [1.82, 2.24) is 29.5 Å². The van der Waals surface area contributed by atoms with E-state index < -0.39 is 8.32 Å². The monoisotopic (exact) mass is 587 g/mol. The van der Waals surface area contributed by atoms with Gasteiger partial charge in [0, 0.05) is 70.1 Å². The molecule has 0 saturated carbocycles. The van der Waals surface area contributed by atoms with Gasteiger partial charge in [-0.05, 0) is 48.9 Å². The van der Waals surface area contributed by atoms with Crippen molar-refractivity contribution in [1.29, 1.82) is 5.26 Å². The van der Waals surface area contributed by atoms with Crippen molar-refractivity contribution in [2.24, 2.45) is 7.05 Å². The Kier molecular flexibility index (Phi) is 8.20. The van der Waals surface area contributed by atoms with Crippen molar-refractivity contribution < 1.29 is 4.43 Å². The Bertz CT molecular complexity index is 1480. The molecule has 42 heavy (non-hydrogen) atoms. The highest BCUT2D eigenvalue weighted by Gasteiger charge is 2.42. The highest BCUT2D eigenvalue weighted by Crippen LogP contribution is 2.44. The number of likely N-dealkylation sites (N-methyl/N-ethyl adjacent to an activating group) is 1. The van der Waals surface area contributed by atoms with Crippen LogP contribution in [0.3, 0.4) is 0 Å². The summed E-state index contributed by atoms with van der Waals surface area (Å²) < 4.78 is 8.60. The number of nitriles is 1. The van der Waals surface area contributed by atoms with Crippen LogP contribution in [0.15, 0.2) is 30.6 Å². The molecule has 0 bridgehead atoms. The number of fused-ring (bicyclic) bond motifs is 1. The van der Waals surface area contributed by atoms with E-state index in [4.69, 9.17) is 9.41 Å². The Morgan fingerprint density at radius 2 is 1.90 bits per heavy atom. The zero-order chi connectivity index (χ0) is 30.3. The van der Waals surface area contributed by atoms with Crippen molar-refractivity contribution in [3.8, 4) is 17.3 Å². The van der Waals surface area contributed by atoms with Crippen LogP contribution in [0, 0.1) is 11.3 Å². The maximum atomic E-state index is 10.1. The number of benzene rings is 1. The molecule has 224 valence electrons. The molecule has 5 rings (SSSR count). The summed E-state index contributed by atoms with van der Waals surface area (Å²) in [4.78, 5) is 14.2. The van der Waals surface area contributed by atoms with Gasteiger partial charge in [-0.3, -0.25) is 9.58 Å². The summed E-state index contributed by atoms with van der Waals surface area (Å²) in [5, 5.41) is 21.6. The molecule has 0 aliphatic carbocycles. The van der Waals surface area contributed by atoms with E-state index in [-0.39, 0.29) is 10.5 Å². The van der Waals surface area contributed by atoms with E-state index in [1.807, 2.05) is 30.1 Å². The average molecular weight is 588 g/mol. The van der Waals surface area contributed by atoms with Gasteiger partial charge in [-0.2, -0.15) is 10.4 Å². The molecule has 1 saturated heterocycles. The molecule has 0 unspecified atom stereocenters. The summed E-state index contributed by atoms with van der Waals surface area (Å²) in [6.07, 6.45) is 3.60. The summed E-state index contributed by atoms with van der Waals surface area (Å²) in [6, 6.07) is 8.39. The average Bonchev–Trinajstić information content (AvgIpc) is 3.47. The summed E-state index contributed by atoms with van der Waals surface area (Å²) in [6.45, 7) is 19.9. The Labute approximate surface area is 251 Å². The lowest BCUT2D eigenvalue weighted by atomic mass is 9.83. The van der Waals surface area contributed by atoms with Crippen LogP contribution in [0.4, 0.5) is 17.3 Å². The molecule has 2 aliphatic rings. The van der Waals surface area contributed by atoms with Gasteiger partial charge in [-0.25, -0.2) is 9.97 Å². The molecule has 1 atom stereocenters. The third kappa shape index (κ3) is 6.08. The molecular weight excluding hydrogens is 542 g/mol. The molecule has 10 nitrogen and oxygen atoms in total. The topological polar surface area (TPSA) is 107 Å². The molecule has 2 N–H and O–H groups in total. The van der Waals surface area contributed by atoms with E-state index in [9.17, 15) is 5.26 Å². The molecule has 0 spiro atoms. The van der Waals surface area contributed by atoms with E-state index in [0.29, 0.717) is 18.1 Å². The number of hydrogen-bond acceptors (Lipinski definition) is 9. The van der Waals surface area contributed by atoms with Crippen molar-refractivity contribution >= 4 is 25.6 Å². The largest absolute Gasteiger partial charge is 0.416 e. The van der Waals surface area contributed by atoms with E-state index in [0.717, 1.165) is 73.2 Å². The molecule has 3 aromatic rings. The van der Waals surface area contributed by atoms with Crippen LogP contribution in [-0.4, -0.2) is 84.2 Å². The number of hydrogen-bond donors (Lipinski definition) is 2. The summed E-state index contributed by atoms with van der Waals surface area (Å²) in [7, 11) is 2.20. The zero-order valence-corrected chi connectivity index (χ0v) is 27.4. The molecule has 1 aromatic carbocycles. The van der Waals surface area contributed by atoms with Crippen LogP contribution < -0.4 is 10.6 Å². The molecule has 11 heteroatoms. The maximum absolute atomic E-state index is 10.1. The highest BCUT2D eigenvalue weighted by molar-refractivity contribution is 6.74. The summed E-state index contributed by atoms with van der Waals surface area (Å²) in [5.74, 6) is 0.501. The number of piperazine rings is 1. The fourth-order valence-corrected chi connectivity index (χ4v) is 6.39. The van der Waals surface area contributed by atoms with Crippen molar-refractivity contribution in [3.63, 3.8) is 0 Å². The van der Waals surface area contributed by atoms with Gasteiger partial charge in [0.05, 0.1) is 34.5 Å². The van der Waals surface area contributed by atoms with Crippen molar-refractivity contribution in [2.75, 3.05) is 57.0 Å². The lowest BCUT2D eigenvalue weighted by Gasteiger charge is -2.39. The van der Waals surface area contributed by atoms with Gasteiger partial charge in [0.1, 0.15) is 6.07 Å². The van der Waals surface area contributed by atoms with Gasteiger partial charge >= 0.3 is 0 Å². The number of rotatable bonds is 8. The number of nitrogens with one attached hydrogen (secondary N) is 2. The second-order valence-corrected chi connectivity index (χ2v) is 18.4.